The number of benzene rings is 4. The number of nitrogens with one attached hydrogen (secondary N) is 1. The molecule has 0 atom stereocenters. The first kappa shape index (κ1) is 21.0. The third-order valence-corrected chi connectivity index (χ3v) is 5.56. The van der Waals surface area contributed by atoms with Crippen LogP contribution in [0.3, 0.4) is 0 Å². The van der Waals surface area contributed by atoms with Crippen molar-refractivity contribution in [3.05, 3.63) is 107 Å². The number of aryl methyl sites for hydroxylation is 1. The second kappa shape index (κ2) is 10.1. The van der Waals surface area contributed by atoms with Gasteiger partial charge in [0.2, 0.25) is 0 Å². The average molecular weight is 412 g/mol. The van der Waals surface area contributed by atoms with Crippen LogP contribution >= 0.6 is 0 Å². The maximum atomic E-state index is 6.26. The largest absolute Gasteiger partial charge is 0.497 e. The number of rotatable bonds is 9. The lowest BCUT2D eigenvalue weighted by Gasteiger charge is -2.15. The van der Waals surface area contributed by atoms with Crippen LogP contribution in [0, 0.1) is 6.92 Å². The van der Waals surface area contributed by atoms with Crippen LogP contribution in [-0.4, -0.2) is 13.7 Å². The summed E-state index contributed by atoms with van der Waals surface area (Å²) in [6.45, 7) is 4.33. The van der Waals surface area contributed by atoms with E-state index in [9.17, 15) is 0 Å². The number of methoxy groups -OCH3 is 1. The smallest absolute Gasteiger partial charge is 0.124 e. The Morgan fingerprint density at radius 3 is 2.29 bits per heavy atom. The highest BCUT2D eigenvalue weighted by atomic mass is 16.5. The summed E-state index contributed by atoms with van der Waals surface area (Å²) in [4.78, 5) is 0. The van der Waals surface area contributed by atoms with Crippen LogP contribution in [0.15, 0.2) is 84.9 Å². The van der Waals surface area contributed by atoms with Crippen molar-refractivity contribution in [3.8, 4) is 11.5 Å². The number of fused-ring (bicyclic) bond motifs is 1. The van der Waals surface area contributed by atoms with E-state index in [1.807, 2.05) is 12.1 Å². The van der Waals surface area contributed by atoms with Crippen LogP contribution < -0.4 is 14.8 Å². The van der Waals surface area contributed by atoms with E-state index < -0.39 is 0 Å². The predicted octanol–water partition coefficient (Wildman–Crippen LogP) is 6.07. The van der Waals surface area contributed by atoms with Crippen molar-refractivity contribution in [2.24, 2.45) is 0 Å². The van der Waals surface area contributed by atoms with E-state index in [4.69, 9.17) is 9.47 Å². The van der Waals surface area contributed by atoms with E-state index in [1.54, 1.807) is 7.11 Å². The van der Waals surface area contributed by atoms with Crippen LogP contribution in [0.4, 0.5) is 0 Å². The molecule has 0 amide bonds. The zero-order chi connectivity index (χ0) is 21.5. The average Bonchev–Trinajstić information content (AvgIpc) is 2.82. The zero-order valence-corrected chi connectivity index (χ0v) is 18.2. The normalized spacial score (nSPS) is 10.9. The Bertz CT molecular complexity index is 1120. The molecule has 0 aliphatic rings. The summed E-state index contributed by atoms with van der Waals surface area (Å²) in [7, 11) is 1.69. The summed E-state index contributed by atoms with van der Waals surface area (Å²) >= 11 is 0. The Hall–Kier alpha value is -3.30. The molecule has 0 unspecified atom stereocenters. The lowest BCUT2D eigenvalue weighted by atomic mass is 10.0. The van der Waals surface area contributed by atoms with Crippen molar-refractivity contribution < 1.29 is 9.47 Å². The Balaban J connectivity index is 1.45. The Kier molecular flexibility index (Phi) is 6.85. The zero-order valence-electron chi connectivity index (χ0n) is 18.2. The highest BCUT2D eigenvalue weighted by molar-refractivity contribution is 5.87. The molecule has 0 aliphatic carbocycles. The van der Waals surface area contributed by atoms with Gasteiger partial charge < -0.3 is 14.8 Å². The van der Waals surface area contributed by atoms with Crippen LogP contribution in [0.5, 0.6) is 11.5 Å². The van der Waals surface area contributed by atoms with Gasteiger partial charge in [-0.25, -0.2) is 0 Å². The van der Waals surface area contributed by atoms with E-state index in [-0.39, 0.29) is 0 Å². The molecular formula is C28H29NO2. The molecule has 0 aliphatic heterocycles. The number of hydrogen-bond donors (Lipinski definition) is 1. The van der Waals surface area contributed by atoms with Crippen LogP contribution in [0.2, 0.25) is 0 Å². The fourth-order valence-corrected chi connectivity index (χ4v) is 3.72. The molecule has 0 spiro atoms. The Labute approximate surface area is 184 Å². The lowest BCUT2D eigenvalue weighted by molar-refractivity contribution is 0.303. The molecule has 0 radical (unpaired) electrons. The molecular weight excluding hydrogens is 382 g/mol. The quantitative estimate of drug-likeness (QED) is 0.339. The van der Waals surface area contributed by atoms with E-state index >= 15 is 0 Å². The molecule has 31 heavy (non-hydrogen) atoms. The summed E-state index contributed by atoms with van der Waals surface area (Å²) in [6.07, 6.45) is 0.967. The van der Waals surface area contributed by atoms with E-state index in [0.29, 0.717) is 6.61 Å². The van der Waals surface area contributed by atoms with Crippen molar-refractivity contribution in [2.45, 2.75) is 26.5 Å². The topological polar surface area (TPSA) is 30.5 Å². The van der Waals surface area contributed by atoms with Gasteiger partial charge in [0.15, 0.2) is 0 Å². The standard InChI is InChI=1S/C28H29NO2/c1-21-7-9-23(10-8-21)20-31-28-16-13-24-5-3-4-6-26(24)27(28)19-29-18-17-22-11-14-25(30-2)15-12-22/h3-16,29H,17-20H2,1-2H3. The molecule has 3 heteroatoms. The molecule has 3 nitrogen and oxygen atoms in total. The third-order valence-electron chi connectivity index (χ3n) is 5.56. The van der Waals surface area contributed by atoms with Gasteiger partial charge in [-0.3, -0.25) is 0 Å². The maximum Gasteiger partial charge on any atom is 0.124 e. The highest BCUT2D eigenvalue weighted by Crippen LogP contribution is 2.29. The molecule has 4 aromatic carbocycles. The maximum absolute atomic E-state index is 6.26. The summed E-state index contributed by atoms with van der Waals surface area (Å²) in [5.41, 5.74) is 4.94. The first-order valence-electron chi connectivity index (χ1n) is 10.8. The molecule has 0 bridgehead atoms. The van der Waals surface area contributed by atoms with Gasteiger partial charge in [0, 0.05) is 12.1 Å². The fourth-order valence-electron chi connectivity index (χ4n) is 3.72. The molecule has 4 rings (SSSR count). The molecule has 158 valence electrons. The van der Waals surface area contributed by atoms with Gasteiger partial charge in [0.05, 0.1) is 7.11 Å². The molecule has 0 heterocycles. The van der Waals surface area contributed by atoms with Crippen LogP contribution in [0.1, 0.15) is 22.3 Å². The van der Waals surface area contributed by atoms with Crippen molar-refractivity contribution in [1.82, 2.24) is 5.32 Å². The second-order valence-corrected chi connectivity index (χ2v) is 7.81. The van der Waals surface area contributed by atoms with Gasteiger partial charge >= 0.3 is 0 Å². The summed E-state index contributed by atoms with van der Waals surface area (Å²) < 4.78 is 11.5. The van der Waals surface area contributed by atoms with Crippen LogP contribution in [-0.2, 0) is 19.6 Å². The summed E-state index contributed by atoms with van der Waals surface area (Å²) in [5.74, 6) is 1.83. The van der Waals surface area contributed by atoms with Gasteiger partial charge in [-0.15, -0.1) is 0 Å². The Morgan fingerprint density at radius 2 is 1.52 bits per heavy atom. The molecule has 4 aromatic rings. The van der Waals surface area contributed by atoms with Gasteiger partial charge in [-0.1, -0.05) is 72.3 Å². The van der Waals surface area contributed by atoms with Crippen molar-refractivity contribution >= 4 is 10.8 Å². The molecule has 0 saturated heterocycles. The minimum Gasteiger partial charge on any atom is -0.497 e. The van der Waals surface area contributed by atoms with Crippen molar-refractivity contribution in [2.75, 3.05) is 13.7 Å². The number of ether oxygens (including phenoxy) is 2. The Morgan fingerprint density at radius 1 is 0.774 bits per heavy atom. The van der Waals surface area contributed by atoms with Gasteiger partial charge in [0.1, 0.15) is 18.1 Å². The minimum absolute atomic E-state index is 0.567. The van der Waals surface area contributed by atoms with Crippen LogP contribution in [0.25, 0.3) is 10.8 Å². The fraction of sp³-hybridized carbons (Fsp3) is 0.214. The van der Waals surface area contributed by atoms with Gasteiger partial charge in [-0.2, -0.15) is 0 Å². The van der Waals surface area contributed by atoms with Gasteiger partial charge in [-0.05, 0) is 60.0 Å². The summed E-state index contributed by atoms with van der Waals surface area (Å²) in [6, 6.07) is 29.5. The molecule has 0 saturated carbocycles. The van der Waals surface area contributed by atoms with Gasteiger partial charge in [0.25, 0.3) is 0 Å². The molecule has 0 aromatic heterocycles. The first-order valence-corrected chi connectivity index (χ1v) is 10.8. The first-order chi connectivity index (χ1) is 15.2. The van der Waals surface area contributed by atoms with Crippen molar-refractivity contribution in [3.63, 3.8) is 0 Å². The SMILES string of the molecule is COc1ccc(CCNCc2c(OCc3ccc(C)cc3)ccc3ccccc23)cc1. The van der Waals surface area contributed by atoms with E-state index in [0.717, 1.165) is 31.0 Å². The van der Waals surface area contributed by atoms with Crippen molar-refractivity contribution in [1.29, 1.82) is 0 Å². The monoisotopic (exact) mass is 411 g/mol. The van der Waals surface area contributed by atoms with E-state index in [2.05, 4.69) is 85.0 Å². The molecule has 0 fully saturated rings. The molecule has 1 N–H and O–H groups in total. The predicted molar refractivity (Wildman–Crippen MR) is 128 cm³/mol. The lowest BCUT2D eigenvalue weighted by Crippen LogP contribution is -2.17. The second-order valence-electron chi connectivity index (χ2n) is 7.81. The van der Waals surface area contributed by atoms with E-state index in [1.165, 1.54) is 33.0 Å². The summed E-state index contributed by atoms with van der Waals surface area (Å²) in [5, 5.41) is 6.08. The highest BCUT2D eigenvalue weighted by Gasteiger charge is 2.09. The number of hydrogen-bond acceptors (Lipinski definition) is 3. The minimum atomic E-state index is 0.567. The third kappa shape index (κ3) is 5.44.